The van der Waals surface area contributed by atoms with E-state index in [-0.39, 0.29) is 34.9 Å². The number of aromatic nitrogens is 3. The number of ether oxygens (including phenoxy) is 1. The number of alkyl halides is 8. The topological polar surface area (TPSA) is 134 Å². The molecule has 2 heterocycles. The molecule has 0 bridgehead atoms. The second-order valence-electron chi connectivity index (χ2n) is 9.52. The number of carbonyl (C=O) groups is 2. The minimum Gasteiger partial charge on any atom is -0.471 e. The lowest BCUT2D eigenvalue weighted by Crippen LogP contribution is -2.22. The summed E-state index contributed by atoms with van der Waals surface area (Å²) < 4.78 is 112. The van der Waals surface area contributed by atoms with E-state index >= 15 is 0 Å². The van der Waals surface area contributed by atoms with Gasteiger partial charge < -0.3 is 20.7 Å². The monoisotopic (exact) mass is 655 g/mol. The largest absolute Gasteiger partial charge is 0.471 e. The Kier molecular flexibility index (Phi) is 9.63. The number of anilines is 3. The molecule has 0 atom stereocenters. The first kappa shape index (κ1) is 33.4. The number of aryl methyl sites for hydroxylation is 1. The van der Waals surface area contributed by atoms with Gasteiger partial charge in [-0.3, -0.25) is 14.2 Å². The van der Waals surface area contributed by atoms with Crippen LogP contribution in [0.4, 0.5) is 52.4 Å². The molecule has 0 spiro atoms. The highest BCUT2D eigenvalue weighted by molar-refractivity contribution is 6.07. The summed E-state index contributed by atoms with van der Waals surface area (Å²) in [5.41, 5.74) is -3.01. The van der Waals surface area contributed by atoms with Gasteiger partial charge in [-0.2, -0.15) is 36.6 Å². The molecule has 2 amide bonds. The van der Waals surface area contributed by atoms with Crippen molar-refractivity contribution in [3.05, 3.63) is 70.8 Å². The molecule has 10 nitrogen and oxygen atoms in total. The molecule has 0 saturated carbocycles. The van der Waals surface area contributed by atoms with E-state index in [0.717, 1.165) is 36.4 Å². The molecule has 242 valence electrons. The van der Waals surface area contributed by atoms with Crippen LogP contribution in [0.15, 0.2) is 48.5 Å². The average Bonchev–Trinajstić information content (AvgIpc) is 3.27. The van der Waals surface area contributed by atoms with Crippen molar-refractivity contribution in [1.29, 1.82) is 5.26 Å². The second-order valence-corrected chi connectivity index (χ2v) is 9.52. The van der Waals surface area contributed by atoms with Gasteiger partial charge in [0.1, 0.15) is 17.5 Å². The molecule has 0 fully saturated rings. The summed E-state index contributed by atoms with van der Waals surface area (Å²) in [6.45, 7) is -1.38. The van der Waals surface area contributed by atoms with Gasteiger partial charge in [-0.05, 0) is 48.0 Å². The number of nitrogens with zero attached hydrogens (tertiary/aromatic N) is 4. The predicted molar refractivity (Wildman–Crippen MR) is 146 cm³/mol. The minimum absolute atomic E-state index is 0.0790. The Morgan fingerprint density at radius 1 is 1.00 bits per heavy atom. The molecule has 4 aromatic rings. The highest BCUT2D eigenvalue weighted by Crippen LogP contribution is 2.37. The number of nitriles is 1. The number of benzene rings is 2. The van der Waals surface area contributed by atoms with Crippen molar-refractivity contribution in [3.8, 4) is 11.9 Å². The number of imidazole rings is 1. The van der Waals surface area contributed by atoms with Gasteiger partial charge in [0.2, 0.25) is 17.7 Å². The Bertz CT molecular complexity index is 1800. The van der Waals surface area contributed by atoms with Crippen molar-refractivity contribution < 1.29 is 49.4 Å². The van der Waals surface area contributed by atoms with Crippen molar-refractivity contribution in [1.82, 2.24) is 19.9 Å². The number of pyridine rings is 1. The number of fused-ring (bicyclic) bond motifs is 1. The molecule has 2 aromatic carbocycles. The van der Waals surface area contributed by atoms with Crippen molar-refractivity contribution >= 4 is 40.3 Å². The van der Waals surface area contributed by atoms with Crippen LogP contribution in [0.1, 0.15) is 33.5 Å². The van der Waals surface area contributed by atoms with Crippen LogP contribution >= 0.6 is 0 Å². The summed E-state index contributed by atoms with van der Waals surface area (Å²) >= 11 is 0. The van der Waals surface area contributed by atoms with E-state index in [2.05, 4.69) is 25.9 Å². The number of halogens is 8. The molecule has 0 unspecified atom stereocenters. The van der Waals surface area contributed by atoms with E-state index in [1.54, 1.807) is 6.07 Å². The average molecular weight is 656 g/mol. The van der Waals surface area contributed by atoms with Gasteiger partial charge in [0.05, 0.1) is 22.9 Å². The third kappa shape index (κ3) is 7.97. The van der Waals surface area contributed by atoms with Gasteiger partial charge >= 0.3 is 12.4 Å². The van der Waals surface area contributed by atoms with Gasteiger partial charge in [0.25, 0.3) is 12.3 Å². The SMILES string of the molecule is Cn1c(Nc2cc(CNC(=O)CC#N)ccc2C(F)(F)F)nc2cc(C(=O)Nc3ccc(C(F)(F)F)cc3)c(OCC(F)F)nc21. The smallest absolute Gasteiger partial charge is 0.418 e. The summed E-state index contributed by atoms with van der Waals surface area (Å²) in [5, 5.41) is 15.9. The molecule has 0 aliphatic heterocycles. The summed E-state index contributed by atoms with van der Waals surface area (Å²) in [4.78, 5) is 33.0. The maximum Gasteiger partial charge on any atom is 0.418 e. The molecule has 0 aliphatic rings. The lowest BCUT2D eigenvalue weighted by atomic mass is 10.1. The Balaban J connectivity index is 1.70. The third-order valence-corrected chi connectivity index (χ3v) is 6.24. The van der Waals surface area contributed by atoms with Crippen LogP contribution in [0.3, 0.4) is 0 Å². The van der Waals surface area contributed by atoms with Crippen LogP contribution in [-0.2, 0) is 30.7 Å². The lowest BCUT2D eigenvalue weighted by molar-refractivity contribution is -0.138. The molecule has 46 heavy (non-hydrogen) atoms. The van der Waals surface area contributed by atoms with Crippen LogP contribution < -0.4 is 20.7 Å². The van der Waals surface area contributed by atoms with Crippen LogP contribution in [0.25, 0.3) is 11.2 Å². The van der Waals surface area contributed by atoms with E-state index in [1.165, 1.54) is 11.6 Å². The first-order chi connectivity index (χ1) is 21.6. The van der Waals surface area contributed by atoms with Crippen LogP contribution in [-0.4, -0.2) is 39.4 Å². The molecular formula is C28H21F8N7O3. The molecular weight excluding hydrogens is 634 g/mol. The fraction of sp³-hybridized carbons (Fsp3) is 0.250. The highest BCUT2D eigenvalue weighted by Gasteiger charge is 2.34. The minimum atomic E-state index is -4.83. The summed E-state index contributed by atoms with van der Waals surface area (Å²) in [6.07, 6.45) is -12.9. The highest BCUT2D eigenvalue weighted by atomic mass is 19.4. The quantitative estimate of drug-likeness (QED) is 0.174. The number of hydrogen-bond donors (Lipinski definition) is 3. The third-order valence-electron chi connectivity index (χ3n) is 6.24. The van der Waals surface area contributed by atoms with Crippen molar-refractivity contribution in [2.75, 3.05) is 17.2 Å². The Labute approximate surface area is 254 Å². The molecule has 3 N–H and O–H groups in total. The Hall–Kier alpha value is -5.47. The lowest BCUT2D eigenvalue weighted by Gasteiger charge is -2.16. The van der Waals surface area contributed by atoms with Crippen LogP contribution in [0.2, 0.25) is 0 Å². The number of hydrogen-bond acceptors (Lipinski definition) is 7. The zero-order valence-electron chi connectivity index (χ0n) is 23.4. The second kappa shape index (κ2) is 13.3. The number of amides is 2. The molecule has 4 rings (SSSR count). The Morgan fingerprint density at radius 2 is 1.70 bits per heavy atom. The van der Waals surface area contributed by atoms with Gasteiger partial charge in [-0.15, -0.1) is 0 Å². The van der Waals surface area contributed by atoms with Gasteiger partial charge in [-0.25, -0.2) is 13.8 Å². The fourth-order valence-electron chi connectivity index (χ4n) is 4.07. The first-order valence-corrected chi connectivity index (χ1v) is 12.9. The van der Waals surface area contributed by atoms with Crippen molar-refractivity contribution in [2.45, 2.75) is 31.7 Å². The molecule has 0 radical (unpaired) electrons. The number of rotatable bonds is 10. The maximum absolute atomic E-state index is 13.8. The van der Waals surface area contributed by atoms with Crippen molar-refractivity contribution in [2.24, 2.45) is 7.05 Å². The van der Waals surface area contributed by atoms with E-state index in [4.69, 9.17) is 10.00 Å². The summed E-state index contributed by atoms with van der Waals surface area (Å²) in [5.74, 6) is -2.47. The van der Waals surface area contributed by atoms with E-state index in [1.807, 2.05) is 0 Å². The molecule has 0 aliphatic carbocycles. The molecule has 0 saturated heterocycles. The van der Waals surface area contributed by atoms with E-state index in [9.17, 15) is 44.7 Å². The summed E-state index contributed by atoms with van der Waals surface area (Å²) in [7, 11) is 1.34. The zero-order valence-corrected chi connectivity index (χ0v) is 23.4. The van der Waals surface area contributed by atoms with Gasteiger partial charge in [0.15, 0.2) is 12.3 Å². The summed E-state index contributed by atoms with van der Waals surface area (Å²) in [6, 6.07) is 9.08. The normalized spacial score (nSPS) is 11.8. The van der Waals surface area contributed by atoms with Crippen LogP contribution in [0, 0.1) is 11.3 Å². The first-order valence-electron chi connectivity index (χ1n) is 12.9. The maximum atomic E-state index is 13.8. The zero-order chi connectivity index (χ0) is 33.8. The molecule has 2 aromatic heterocycles. The van der Waals surface area contributed by atoms with Gasteiger partial charge in [-0.1, -0.05) is 6.07 Å². The number of nitrogens with one attached hydrogen (secondary N) is 3. The van der Waals surface area contributed by atoms with Gasteiger partial charge in [0, 0.05) is 19.3 Å². The standard InChI is InChI=1S/C28H21F8N7O3/c1-43-23-20(41-26(43)40-19-10-14(12-38-22(44)8-9-37)2-7-18(19)28(34,35)36)11-17(25(42-23)46-13-21(29)30)24(45)39-16-5-3-15(4-6-16)27(31,32)33/h2-7,10-11,21H,8,12-13H2,1H3,(H,38,44)(H,39,45)(H,40,41). The predicted octanol–water partition coefficient (Wildman–Crippen LogP) is 6.18. The van der Waals surface area contributed by atoms with Crippen LogP contribution in [0.5, 0.6) is 5.88 Å². The van der Waals surface area contributed by atoms with E-state index in [0.29, 0.717) is 12.1 Å². The fourth-order valence-corrected chi connectivity index (χ4v) is 4.07. The van der Waals surface area contributed by atoms with E-state index < -0.39 is 71.9 Å². The van der Waals surface area contributed by atoms with Crippen molar-refractivity contribution in [3.63, 3.8) is 0 Å². The Morgan fingerprint density at radius 3 is 2.30 bits per heavy atom. The molecule has 18 heteroatoms. The number of carbonyl (C=O) groups excluding carboxylic acids is 2.